The van der Waals surface area contributed by atoms with Crippen LogP contribution in [0.5, 0.6) is 0 Å². The van der Waals surface area contributed by atoms with Crippen LogP contribution in [0.15, 0.2) is 76.4 Å². The van der Waals surface area contributed by atoms with Crippen LogP contribution < -0.4 is 10.2 Å². The summed E-state index contributed by atoms with van der Waals surface area (Å²) >= 11 is 1.63. The van der Waals surface area contributed by atoms with Crippen LogP contribution in [0.1, 0.15) is 27.9 Å². The van der Waals surface area contributed by atoms with E-state index in [4.69, 9.17) is 4.74 Å². The van der Waals surface area contributed by atoms with Gasteiger partial charge in [-0.3, -0.25) is 14.6 Å². The highest BCUT2D eigenvalue weighted by Gasteiger charge is 2.26. The van der Waals surface area contributed by atoms with Crippen molar-refractivity contribution < 1.29 is 14.6 Å². The molecule has 186 valence electrons. The first-order chi connectivity index (χ1) is 17.7. The fourth-order valence-electron chi connectivity index (χ4n) is 4.58. The Hall–Kier alpha value is -3.24. The fourth-order valence-corrected chi connectivity index (χ4v) is 5.57. The number of fused-ring (bicyclic) bond motifs is 2. The second-order valence-electron chi connectivity index (χ2n) is 8.79. The van der Waals surface area contributed by atoms with Gasteiger partial charge >= 0.3 is 0 Å². The van der Waals surface area contributed by atoms with E-state index in [0.29, 0.717) is 24.4 Å². The highest BCUT2D eigenvalue weighted by atomic mass is 32.2. The number of rotatable bonds is 8. The Bertz CT molecular complexity index is 1280. The number of hydrogen-bond acceptors (Lipinski definition) is 8. The van der Waals surface area contributed by atoms with Gasteiger partial charge in [0.2, 0.25) is 0 Å². The van der Waals surface area contributed by atoms with Gasteiger partial charge in [0.1, 0.15) is 11.8 Å². The number of amides is 1. The van der Waals surface area contributed by atoms with Crippen molar-refractivity contribution in [2.24, 2.45) is 0 Å². The van der Waals surface area contributed by atoms with E-state index < -0.39 is 0 Å². The number of anilines is 2. The third-order valence-electron chi connectivity index (χ3n) is 6.30. The first-order valence-corrected chi connectivity index (χ1v) is 12.7. The second-order valence-corrected chi connectivity index (χ2v) is 9.83. The maximum atomic E-state index is 12.7. The van der Waals surface area contributed by atoms with Gasteiger partial charge in [0.05, 0.1) is 12.3 Å². The Morgan fingerprint density at radius 1 is 1.19 bits per heavy atom. The fraction of sp³-hybridized carbons (Fsp3) is 0.296. The van der Waals surface area contributed by atoms with E-state index in [2.05, 4.69) is 49.4 Å². The maximum absolute atomic E-state index is 12.7. The van der Waals surface area contributed by atoms with Crippen molar-refractivity contribution >= 4 is 29.2 Å². The number of aromatic nitrogens is 2. The van der Waals surface area contributed by atoms with Crippen LogP contribution in [-0.4, -0.2) is 59.4 Å². The predicted molar refractivity (Wildman–Crippen MR) is 139 cm³/mol. The average molecular weight is 504 g/mol. The van der Waals surface area contributed by atoms with Crippen molar-refractivity contribution in [2.75, 3.05) is 38.4 Å². The molecule has 0 bridgehead atoms. The van der Waals surface area contributed by atoms with Gasteiger partial charge in [-0.2, -0.15) is 0 Å². The molecular formula is C27H29N5O3S. The monoisotopic (exact) mass is 503 g/mol. The SMILES string of the molecule is COCN1c2cc(CN3CCC=C(CNC(=O)c4ccccc4CO)C3)ccc2Sc2nccnc21. The largest absolute Gasteiger partial charge is 0.392 e. The Morgan fingerprint density at radius 3 is 2.92 bits per heavy atom. The lowest BCUT2D eigenvalue weighted by atomic mass is 10.1. The Kier molecular flexibility index (Phi) is 7.62. The Balaban J connectivity index is 1.24. The molecule has 0 spiro atoms. The van der Waals surface area contributed by atoms with Gasteiger partial charge in [-0.1, -0.05) is 42.1 Å². The molecule has 0 atom stereocenters. The molecule has 0 radical (unpaired) electrons. The molecule has 1 amide bonds. The van der Waals surface area contributed by atoms with Crippen LogP contribution in [0.4, 0.5) is 11.5 Å². The number of hydrogen-bond donors (Lipinski definition) is 2. The number of carbonyl (C=O) groups is 1. The Labute approximate surface area is 215 Å². The maximum Gasteiger partial charge on any atom is 0.251 e. The van der Waals surface area contributed by atoms with Crippen molar-refractivity contribution in [1.82, 2.24) is 20.2 Å². The third kappa shape index (κ3) is 5.29. The zero-order valence-corrected chi connectivity index (χ0v) is 21.0. The van der Waals surface area contributed by atoms with E-state index in [9.17, 15) is 9.90 Å². The van der Waals surface area contributed by atoms with Gasteiger partial charge in [-0.15, -0.1) is 0 Å². The molecule has 2 N–H and O–H groups in total. The van der Waals surface area contributed by atoms with E-state index in [1.165, 1.54) is 11.1 Å². The van der Waals surface area contributed by atoms with Crippen LogP contribution >= 0.6 is 11.8 Å². The van der Waals surface area contributed by atoms with Crippen molar-refractivity contribution in [1.29, 1.82) is 0 Å². The van der Waals surface area contributed by atoms with Crippen LogP contribution in [0.25, 0.3) is 0 Å². The van der Waals surface area contributed by atoms with Crippen LogP contribution in [0.3, 0.4) is 0 Å². The summed E-state index contributed by atoms with van der Waals surface area (Å²) < 4.78 is 5.47. The van der Waals surface area contributed by atoms with Crippen LogP contribution in [0.2, 0.25) is 0 Å². The molecule has 2 aromatic carbocycles. The molecule has 1 aromatic heterocycles. The smallest absolute Gasteiger partial charge is 0.251 e. The number of benzene rings is 2. The average Bonchev–Trinajstić information content (AvgIpc) is 2.92. The summed E-state index contributed by atoms with van der Waals surface area (Å²) in [5.41, 5.74) is 4.64. The summed E-state index contributed by atoms with van der Waals surface area (Å²) in [5.74, 6) is 0.655. The highest BCUT2D eigenvalue weighted by molar-refractivity contribution is 7.99. The summed E-state index contributed by atoms with van der Waals surface area (Å²) in [4.78, 5) is 27.3. The van der Waals surface area contributed by atoms with Gasteiger partial charge in [0.25, 0.3) is 5.91 Å². The van der Waals surface area contributed by atoms with Crippen molar-refractivity contribution in [2.45, 2.75) is 29.5 Å². The van der Waals surface area contributed by atoms with Crippen molar-refractivity contribution in [3.8, 4) is 0 Å². The second kappa shape index (κ2) is 11.2. The van der Waals surface area contributed by atoms with E-state index in [0.717, 1.165) is 47.5 Å². The molecule has 8 nitrogen and oxygen atoms in total. The minimum absolute atomic E-state index is 0.153. The molecule has 0 unspecified atom stereocenters. The topological polar surface area (TPSA) is 90.8 Å². The Morgan fingerprint density at radius 2 is 2.06 bits per heavy atom. The molecular weight excluding hydrogens is 474 g/mol. The summed E-state index contributed by atoms with van der Waals surface area (Å²) in [7, 11) is 1.68. The molecule has 0 aliphatic carbocycles. The zero-order valence-electron chi connectivity index (χ0n) is 20.2. The van der Waals surface area contributed by atoms with E-state index >= 15 is 0 Å². The van der Waals surface area contributed by atoms with Gasteiger partial charge in [-0.25, -0.2) is 9.97 Å². The molecule has 0 saturated heterocycles. The zero-order chi connectivity index (χ0) is 24.9. The summed E-state index contributed by atoms with van der Waals surface area (Å²) in [6.45, 7) is 3.31. The minimum atomic E-state index is -0.161. The third-order valence-corrected chi connectivity index (χ3v) is 7.35. The molecule has 2 aliphatic rings. The van der Waals surface area contributed by atoms with E-state index in [1.54, 1.807) is 43.4 Å². The molecule has 2 aliphatic heterocycles. The molecule has 5 rings (SSSR count). The lowest BCUT2D eigenvalue weighted by Gasteiger charge is -2.31. The van der Waals surface area contributed by atoms with E-state index in [1.807, 2.05) is 12.1 Å². The van der Waals surface area contributed by atoms with Gasteiger partial charge in [0.15, 0.2) is 5.82 Å². The normalized spacial score (nSPS) is 15.2. The number of methoxy groups -OCH3 is 1. The number of ether oxygens (including phenoxy) is 1. The highest BCUT2D eigenvalue weighted by Crippen LogP contribution is 2.46. The van der Waals surface area contributed by atoms with Crippen molar-refractivity contribution in [3.05, 3.63) is 83.2 Å². The number of aliphatic hydroxyl groups is 1. The molecule has 3 aromatic rings. The minimum Gasteiger partial charge on any atom is -0.392 e. The first kappa shape index (κ1) is 24.5. The standard InChI is InChI=1S/C27H29N5O3S/c1-35-18-32-23-13-19(8-9-24(23)36-27-25(32)28-10-11-29-27)15-31-12-4-5-20(16-31)14-30-26(34)22-7-3-2-6-21(22)17-33/h2-3,5-11,13,33H,4,12,14-18H2,1H3,(H,30,34). The lowest BCUT2D eigenvalue weighted by molar-refractivity contribution is 0.0952. The number of carbonyl (C=O) groups excluding carboxylic acids is 1. The quantitative estimate of drug-likeness (QED) is 0.450. The lowest BCUT2D eigenvalue weighted by Crippen LogP contribution is -2.35. The van der Waals surface area contributed by atoms with E-state index in [-0.39, 0.29) is 12.5 Å². The van der Waals surface area contributed by atoms with Crippen molar-refractivity contribution in [3.63, 3.8) is 0 Å². The molecule has 36 heavy (non-hydrogen) atoms. The van der Waals surface area contributed by atoms with Crippen LogP contribution in [0, 0.1) is 0 Å². The van der Waals surface area contributed by atoms with Crippen LogP contribution in [-0.2, 0) is 17.9 Å². The first-order valence-electron chi connectivity index (χ1n) is 11.9. The predicted octanol–water partition coefficient (Wildman–Crippen LogP) is 3.74. The molecule has 0 saturated carbocycles. The number of aliphatic hydroxyl groups excluding tert-OH is 1. The molecule has 0 fully saturated rings. The summed E-state index contributed by atoms with van der Waals surface area (Å²) in [6.07, 6.45) is 6.58. The number of nitrogens with one attached hydrogen (secondary N) is 1. The van der Waals surface area contributed by atoms with Gasteiger partial charge < -0.3 is 15.2 Å². The van der Waals surface area contributed by atoms with Gasteiger partial charge in [0, 0.05) is 56.1 Å². The van der Waals surface area contributed by atoms with Gasteiger partial charge in [-0.05, 0) is 41.3 Å². The number of nitrogens with zero attached hydrogens (tertiary/aromatic N) is 4. The molecule has 9 heteroatoms. The summed E-state index contributed by atoms with van der Waals surface area (Å²) in [5, 5.41) is 13.4. The molecule has 3 heterocycles. The summed E-state index contributed by atoms with van der Waals surface area (Å²) in [6, 6.07) is 13.7.